The highest BCUT2D eigenvalue weighted by Gasteiger charge is 2.23. The van der Waals surface area contributed by atoms with Gasteiger partial charge in [0.1, 0.15) is 0 Å². The Morgan fingerprint density at radius 1 is 0.500 bits per heavy atom. The van der Waals surface area contributed by atoms with Crippen LogP contribution in [0.5, 0.6) is 0 Å². The lowest BCUT2D eigenvalue weighted by Gasteiger charge is -2.19. The highest BCUT2D eigenvalue weighted by molar-refractivity contribution is 6.03. The topological polar surface area (TPSA) is 52.6 Å². The summed E-state index contributed by atoms with van der Waals surface area (Å²) in [5, 5.41) is 0. The summed E-state index contributed by atoms with van der Waals surface area (Å²) >= 11 is 0. The molecule has 4 rings (SSSR count). The SMILES string of the molecule is COC(=O)c1c(-c2ccccc2)ccc(-c2ccc(-c3ccccc3)c(C(=O)OC)c2C)c1C. The molecule has 0 atom stereocenters. The molecule has 0 N–H and O–H groups in total. The van der Waals surface area contributed by atoms with Crippen molar-refractivity contribution in [2.45, 2.75) is 13.8 Å². The molecule has 4 nitrogen and oxygen atoms in total. The van der Waals surface area contributed by atoms with Crippen molar-refractivity contribution in [3.8, 4) is 33.4 Å². The lowest BCUT2D eigenvalue weighted by molar-refractivity contribution is 0.0591. The van der Waals surface area contributed by atoms with Crippen molar-refractivity contribution in [2.75, 3.05) is 14.2 Å². The molecule has 0 unspecified atom stereocenters. The van der Waals surface area contributed by atoms with E-state index in [0.29, 0.717) is 11.1 Å². The highest BCUT2D eigenvalue weighted by atomic mass is 16.5. The monoisotopic (exact) mass is 450 g/mol. The van der Waals surface area contributed by atoms with Crippen molar-refractivity contribution in [2.24, 2.45) is 0 Å². The summed E-state index contributed by atoms with van der Waals surface area (Å²) in [5.74, 6) is -0.796. The van der Waals surface area contributed by atoms with E-state index in [4.69, 9.17) is 9.47 Å². The molecule has 0 aromatic heterocycles. The first-order chi connectivity index (χ1) is 16.5. The van der Waals surface area contributed by atoms with E-state index in [0.717, 1.165) is 44.5 Å². The number of esters is 2. The quantitative estimate of drug-likeness (QED) is 0.311. The van der Waals surface area contributed by atoms with Crippen molar-refractivity contribution in [3.05, 3.63) is 107 Å². The second kappa shape index (κ2) is 9.75. The van der Waals surface area contributed by atoms with Gasteiger partial charge in [-0.05, 0) is 58.4 Å². The number of carbonyl (C=O) groups is 2. The fraction of sp³-hybridized carbons (Fsp3) is 0.133. The minimum absolute atomic E-state index is 0.398. The minimum Gasteiger partial charge on any atom is -0.465 e. The van der Waals surface area contributed by atoms with Crippen LogP contribution in [0.15, 0.2) is 84.9 Å². The molecule has 0 bridgehead atoms. The third-order valence-electron chi connectivity index (χ3n) is 6.17. The third-order valence-corrected chi connectivity index (χ3v) is 6.17. The van der Waals surface area contributed by atoms with Gasteiger partial charge in [0.25, 0.3) is 0 Å². The van der Waals surface area contributed by atoms with Crippen LogP contribution in [0.4, 0.5) is 0 Å². The van der Waals surface area contributed by atoms with E-state index in [9.17, 15) is 9.59 Å². The van der Waals surface area contributed by atoms with Crippen LogP contribution in [0.25, 0.3) is 33.4 Å². The Bertz CT molecular complexity index is 1250. The van der Waals surface area contributed by atoms with Crippen molar-refractivity contribution in [1.29, 1.82) is 0 Å². The summed E-state index contributed by atoms with van der Waals surface area (Å²) in [6.07, 6.45) is 0. The van der Waals surface area contributed by atoms with Gasteiger partial charge in [-0.1, -0.05) is 84.9 Å². The van der Waals surface area contributed by atoms with Gasteiger partial charge < -0.3 is 9.47 Å². The molecule has 0 aliphatic carbocycles. The molecule has 4 heteroatoms. The van der Waals surface area contributed by atoms with Gasteiger partial charge >= 0.3 is 11.9 Å². The molecule has 170 valence electrons. The molecule has 0 aliphatic heterocycles. The molecule has 0 saturated carbocycles. The van der Waals surface area contributed by atoms with Crippen LogP contribution in [0, 0.1) is 13.8 Å². The summed E-state index contributed by atoms with van der Waals surface area (Å²) < 4.78 is 10.3. The lowest BCUT2D eigenvalue weighted by atomic mass is 9.85. The van der Waals surface area contributed by atoms with Gasteiger partial charge in [0.05, 0.1) is 25.3 Å². The molecular weight excluding hydrogens is 424 g/mol. The zero-order valence-electron chi connectivity index (χ0n) is 19.7. The molecule has 0 radical (unpaired) electrons. The van der Waals surface area contributed by atoms with Gasteiger partial charge in [-0.2, -0.15) is 0 Å². The maximum absolute atomic E-state index is 12.9. The Morgan fingerprint density at radius 3 is 1.15 bits per heavy atom. The summed E-state index contributed by atoms with van der Waals surface area (Å²) in [4.78, 5) is 25.7. The van der Waals surface area contributed by atoms with Crippen LogP contribution in [-0.4, -0.2) is 26.2 Å². The molecule has 34 heavy (non-hydrogen) atoms. The molecule has 4 aromatic carbocycles. The van der Waals surface area contributed by atoms with Crippen molar-refractivity contribution >= 4 is 11.9 Å². The lowest BCUT2D eigenvalue weighted by Crippen LogP contribution is -2.10. The zero-order chi connectivity index (χ0) is 24.2. The minimum atomic E-state index is -0.398. The zero-order valence-corrected chi connectivity index (χ0v) is 19.7. The summed E-state index contributed by atoms with van der Waals surface area (Å²) in [7, 11) is 2.77. The molecule has 0 fully saturated rings. The third kappa shape index (κ3) is 4.11. The van der Waals surface area contributed by atoms with Crippen molar-refractivity contribution in [3.63, 3.8) is 0 Å². The second-order valence-electron chi connectivity index (χ2n) is 8.04. The van der Waals surface area contributed by atoms with Crippen LogP contribution in [0.2, 0.25) is 0 Å². The summed E-state index contributed by atoms with van der Waals surface area (Å²) in [5.41, 5.74) is 7.81. The molecular formula is C30H26O4. The van der Waals surface area contributed by atoms with Crippen LogP contribution in [-0.2, 0) is 9.47 Å². The van der Waals surface area contributed by atoms with Gasteiger partial charge in [-0.3, -0.25) is 0 Å². The number of ether oxygens (including phenoxy) is 2. The molecule has 0 amide bonds. The van der Waals surface area contributed by atoms with Gasteiger partial charge in [0, 0.05) is 0 Å². The predicted octanol–water partition coefficient (Wildman–Crippen LogP) is 6.88. The van der Waals surface area contributed by atoms with E-state index in [2.05, 4.69) is 0 Å². The largest absolute Gasteiger partial charge is 0.465 e. The van der Waals surface area contributed by atoms with E-state index in [1.54, 1.807) is 0 Å². The average molecular weight is 451 g/mol. The molecule has 4 aromatic rings. The summed E-state index contributed by atoms with van der Waals surface area (Å²) in [6.45, 7) is 3.83. The number of rotatable bonds is 5. The van der Waals surface area contributed by atoms with E-state index in [1.807, 2.05) is 98.8 Å². The van der Waals surface area contributed by atoms with Gasteiger partial charge in [0.15, 0.2) is 0 Å². The molecule has 0 aliphatic rings. The first-order valence-corrected chi connectivity index (χ1v) is 11.0. The molecule has 0 heterocycles. The number of methoxy groups -OCH3 is 2. The number of hydrogen-bond acceptors (Lipinski definition) is 4. The van der Waals surface area contributed by atoms with Crippen LogP contribution < -0.4 is 0 Å². The fourth-order valence-electron chi connectivity index (χ4n) is 4.45. The standard InChI is InChI=1S/C30H26O4/c1-19-23(15-17-25(27(19)29(31)33-3)21-11-7-5-8-12-21)24-16-18-26(22-13-9-6-10-14-22)28(20(24)2)30(32)34-4/h5-18H,1-4H3. The van der Waals surface area contributed by atoms with Gasteiger partial charge in [-0.25, -0.2) is 9.59 Å². The Kier molecular flexibility index (Phi) is 6.60. The number of hydrogen-bond donors (Lipinski definition) is 0. The first kappa shape index (κ1) is 23.0. The smallest absolute Gasteiger partial charge is 0.338 e. The van der Waals surface area contributed by atoms with E-state index < -0.39 is 11.9 Å². The Balaban J connectivity index is 1.96. The highest BCUT2D eigenvalue weighted by Crippen LogP contribution is 2.38. The number of benzene rings is 4. The Hall–Kier alpha value is -4.18. The second-order valence-corrected chi connectivity index (χ2v) is 8.04. The normalized spacial score (nSPS) is 10.6. The van der Waals surface area contributed by atoms with Crippen molar-refractivity contribution in [1.82, 2.24) is 0 Å². The van der Waals surface area contributed by atoms with Crippen LogP contribution in [0.1, 0.15) is 31.8 Å². The predicted molar refractivity (Wildman–Crippen MR) is 135 cm³/mol. The van der Waals surface area contributed by atoms with Gasteiger partial charge in [-0.15, -0.1) is 0 Å². The number of carbonyl (C=O) groups excluding carboxylic acids is 2. The fourth-order valence-corrected chi connectivity index (χ4v) is 4.45. The Labute approximate surface area is 199 Å². The average Bonchev–Trinajstić information content (AvgIpc) is 2.88. The maximum Gasteiger partial charge on any atom is 0.338 e. The maximum atomic E-state index is 12.9. The molecule has 0 saturated heterocycles. The van der Waals surface area contributed by atoms with Crippen LogP contribution >= 0.6 is 0 Å². The van der Waals surface area contributed by atoms with E-state index >= 15 is 0 Å². The summed E-state index contributed by atoms with van der Waals surface area (Å²) in [6, 6.07) is 27.4. The van der Waals surface area contributed by atoms with E-state index in [1.165, 1.54) is 14.2 Å². The molecule has 0 spiro atoms. The Morgan fingerprint density at radius 2 is 0.824 bits per heavy atom. The van der Waals surface area contributed by atoms with Crippen LogP contribution in [0.3, 0.4) is 0 Å². The van der Waals surface area contributed by atoms with Gasteiger partial charge in [0.2, 0.25) is 0 Å². The van der Waals surface area contributed by atoms with E-state index in [-0.39, 0.29) is 0 Å². The first-order valence-electron chi connectivity index (χ1n) is 11.0. The van der Waals surface area contributed by atoms with Crippen molar-refractivity contribution < 1.29 is 19.1 Å².